The topological polar surface area (TPSA) is 87.2 Å². The molecule has 0 atom stereocenters. The second-order valence-corrected chi connectivity index (χ2v) is 5.44. The Balaban J connectivity index is 1.89. The molecule has 2 amide bonds. The van der Waals surface area contributed by atoms with Crippen LogP contribution in [0.3, 0.4) is 0 Å². The standard InChI is InChI=1S/C15H16N2O5/c1-2-22-14(21)16-8-15(9-16)10-5-3-4-6-11(10)17(13(15)20)7-12(18)19/h3-6H,2,7-9H2,1H3,(H,18,19). The molecule has 3 rings (SSSR count). The predicted molar refractivity (Wildman–Crippen MR) is 76.7 cm³/mol. The molecular weight excluding hydrogens is 288 g/mol. The van der Waals surface area contributed by atoms with E-state index < -0.39 is 17.5 Å². The number of para-hydroxylation sites is 1. The molecular formula is C15H16N2O5. The molecule has 1 spiro atoms. The normalized spacial score (nSPS) is 18.1. The second kappa shape index (κ2) is 5.01. The first kappa shape index (κ1) is 14.4. The Morgan fingerprint density at radius 2 is 2.00 bits per heavy atom. The van der Waals surface area contributed by atoms with Crippen LogP contribution in [0, 0.1) is 0 Å². The highest BCUT2D eigenvalue weighted by Gasteiger charge is 2.59. The number of fused-ring (bicyclic) bond motifs is 2. The number of hydrogen-bond donors (Lipinski definition) is 1. The molecule has 2 heterocycles. The number of nitrogens with zero attached hydrogens (tertiary/aromatic N) is 2. The number of rotatable bonds is 3. The molecule has 1 saturated heterocycles. The van der Waals surface area contributed by atoms with E-state index in [1.54, 1.807) is 19.1 Å². The van der Waals surface area contributed by atoms with Crippen molar-refractivity contribution in [1.82, 2.24) is 4.90 Å². The van der Waals surface area contributed by atoms with Gasteiger partial charge in [0.2, 0.25) is 5.91 Å². The summed E-state index contributed by atoms with van der Waals surface area (Å²) in [6.45, 7) is 2.06. The summed E-state index contributed by atoms with van der Waals surface area (Å²) >= 11 is 0. The van der Waals surface area contributed by atoms with Gasteiger partial charge in [0.05, 0.1) is 6.61 Å². The van der Waals surface area contributed by atoms with Crippen LogP contribution < -0.4 is 4.90 Å². The molecule has 1 aromatic carbocycles. The van der Waals surface area contributed by atoms with Crippen LogP contribution in [0.15, 0.2) is 24.3 Å². The van der Waals surface area contributed by atoms with Crippen LogP contribution in [-0.2, 0) is 19.7 Å². The van der Waals surface area contributed by atoms with Crippen LogP contribution in [-0.4, -0.2) is 54.2 Å². The molecule has 2 aliphatic rings. The molecule has 2 aliphatic heterocycles. The number of carboxylic acids is 1. The maximum atomic E-state index is 12.7. The molecule has 22 heavy (non-hydrogen) atoms. The first-order valence-corrected chi connectivity index (χ1v) is 7.04. The minimum absolute atomic E-state index is 0.220. The lowest BCUT2D eigenvalue weighted by atomic mass is 9.75. The van der Waals surface area contributed by atoms with Crippen LogP contribution >= 0.6 is 0 Å². The maximum Gasteiger partial charge on any atom is 0.409 e. The number of aliphatic carboxylic acids is 1. The third kappa shape index (κ3) is 1.93. The van der Waals surface area contributed by atoms with Gasteiger partial charge in [0.25, 0.3) is 0 Å². The van der Waals surface area contributed by atoms with Crippen molar-refractivity contribution in [2.75, 3.05) is 31.1 Å². The Kier molecular flexibility index (Phi) is 3.27. The summed E-state index contributed by atoms with van der Waals surface area (Å²) in [7, 11) is 0. The van der Waals surface area contributed by atoms with E-state index >= 15 is 0 Å². The van der Waals surface area contributed by atoms with Gasteiger partial charge in [-0.25, -0.2) is 4.79 Å². The van der Waals surface area contributed by atoms with Crippen LogP contribution in [0.5, 0.6) is 0 Å². The molecule has 1 aromatic rings. The zero-order valence-corrected chi connectivity index (χ0v) is 12.1. The summed E-state index contributed by atoms with van der Waals surface area (Å²) in [6, 6.07) is 7.13. The molecule has 0 radical (unpaired) electrons. The average molecular weight is 304 g/mol. The fourth-order valence-electron chi connectivity index (χ4n) is 3.14. The van der Waals surface area contributed by atoms with Gasteiger partial charge in [0.15, 0.2) is 0 Å². The van der Waals surface area contributed by atoms with Gasteiger partial charge in [0, 0.05) is 18.8 Å². The number of ether oxygens (including phenoxy) is 1. The van der Waals surface area contributed by atoms with E-state index in [1.165, 1.54) is 9.80 Å². The largest absolute Gasteiger partial charge is 0.480 e. The molecule has 1 N–H and O–H groups in total. The number of carboxylic acid groups (broad SMARTS) is 1. The molecule has 1 fully saturated rings. The highest BCUT2D eigenvalue weighted by Crippen LogP contribution is 2.47. The minimum atomic E-state index is -1.07. The average Bonchev–Trinajstić information content (AvgIpc) is 2.67. The van der Waals surface area contributed by atoms with Crippen molar-refractivity contribution in [3.8, 4) is 0 Å². The molecule has 0 aliphatic carbocycles. The second-order valence-electron chi connectivity index (χ2n) is 5.44. The Bertz CT molecular complexity index is 651. The zero-order valence-electron chi connectivity index (χ0n) is 12.1. The van der Waals surface area contributed by atoms with Crippen molar-refractivity contribution < 1.29 is 24.2 Å². The number of likely N-dealkylation sites (tertiary alicyclic amines) is 1. The van der Waals surface area contributed by atoms with E-state index in [0.717, 1.165) is 5.56 Å². The lowest BCUT2D eigenvalue weighted by molar-refractivity contribution is -0.138. The Morgan fingerprint density at radius 1 is 1.32 bits per heavy atom. The third-order valence-electron chi connectivity index (χ3n) is 4.11. The molecule has 0 unspecified atom stereocenters. The number of benzene rings is 1. The van der Waals surface area contributed by atoms with Gasteiger partial charge >= 0.3 is 12.1 Å². The summed E-state index contributed by atoms with van der Waals surface area (Å²) in [4.78, 5) is 38.2. The van der Waals surface area contributed by atoms with Crippen molar-refractivity contribution in [1.29, 1.82) is 0 Å². The monoisotopic (exact) mass is 304 g/mol. The zero-order chi connectivity index (χ0) is 15.9. The van der Waals surface area contributed by atoms with Gasteiger partial charge < -0.3 is 19.6 Å². The van der Waals surface area contributed by atoms with Gasteiger partial charge in [0.1, 0.15) is 12.0 Å². The number of anilines is 1. The first-order valence-electron chi connectivity index (χ1n) is 7.04. The number of carbonyl (C=O) groups excluding carboxylic acids is 2. The Hall–Kier alpha value is -2.57. The predicted octanol–water partition coefficient (Wildman–Crippen LogP) is 0.828. The third-order valence-corrected chi connectivity index (χ3v) is 4.11. The summed E-state index contributed by atoms with van der Waals surface area (Å²) in [5.74, 6) is -1.33. The lowest BCUT2D eigenvalue weighted by Crippen LogP contribution is -2.65. The van der Waals surface area contributed by atoms with Gasteiger partial charge in [-0.2, -0.15) is 0 Å². The van der Waals surface area contributed by atoms with Crippen molar-refractivity contribution in [2.45, 2.75) is 12.3 Å². The quantitative estimate of drug-likeness (QED) is 0.893. The number of hydrogen-bond acceptors (Lipinski definition) is 4. The van der Waals surface area contributed by atoms with E-state index in [-0.39, 0.29) is 32.1 Å². The van der Waals surface area contributed by atoms with E-state index in [9.17, 15) is 14.4 Å². The fourth-order valence-corrected chi connectivity index (χ4v) is 3.14. The number of carbonyl (C=O) groups is 3. The van der Waals surface area contributed by atoms with E-state index in [1.807, 2.05) is 12.1 Å². The molecule has 116 valence electrons. The van der Waals surface area contributed by atoms with Crippen molar-refractivity contribution >= 4 is 23.7 Å². The van der Waals surface area contributed by atoms with Crippen LogP contribution in [0.4, 0.5) is 10.5 Å². The highest BCUT2D eigenvalue weighted by atomic mass is 16.6. The molecule has 0 saturated carbocycles. The summed E-state index contributed by atoms with van der Waals surface area (Å²) in [6.07, 6.45) is -0.449. The van der Waals surface area contributed by atoms with Crippen LogP contribution in [0.2, 0.25) is 0 Å². The van der Waals surface area contributed by atoms with Crippen molar-refractivity contribution in [3.05, 3.63) is 29.8 Å². The molecule has 7 heteroatoms. The minimum Gasteiger partial charge on any atom is -0.480 e. The Morgan fingerprint density at radius 3 is 2.64 bits per heavy atom. The van der Waals surface area contributed by atoms with E-state index in [2.05, 4.69) is 0 Å². The lowest BCUT2D eigenvalue weighted by Gasteiger charge is -2.45. The summed E-state index contributed by atoms with van der Waals surface area (Å²) < 4.78 is 4.93. The van der Waals surface area contributed by atoms with Gasteiger partial charge in [-0.05, 0) is 18.6 Å². The van der Waals surface area contributed by atoms with E-state index in [4.69, 9.17) is 9.84 Å². The van der Waals surface area contributed by atoms with Crippen molar-refractivity contribution in [3.63, 3.8) is 0 Å². The molecule has 0 bridgehead atoms. The van der Waals surface area contributed by atoms with Gasteiger partial charge in [-0.1, -0.05) is 18.2 Å². The SMILES string of the molecule is CCOC(=O)N1CC2(C1)C(=O)N(CC(=O)O)c1ccccc12. The summed E-state index contributed by atoms with van der Waals surface area (Å²) in [5.41, 5.74) is 0.555. The maximum absolute atomic E-state index is 12.7. The van der Waals surface area contributed by atoms with Gasteiger partial charge in [-0.15, -0.1) is 0 Å². The summed E-state index contributed by atoms with van der Waals surface area (Å²) in [5, 5.41) is 9.01. The van der Waals surface area contributed by atoms with Crippen LogP contribution in [0.25, 0.3) is 0 Å². The Labute approximate surface area is 127 Å². The van der Waals surface area contributed by atoms with E-state index in [0.29, 0.717) is 5.69 Å². The van der Waals surface area contributed by atoms with Gasteiger partial charge in [-0.3, -0.25) is 9.59 Å². The fraction of sp³-hybridized carbons (Fsp3) is 0.400. The number of amides is 2. The highest BCUT2D eigenvalue weighted by molar-refractivity contribution is 6.11. The van der Waals surface area contributed by atoms with Crippen molar-refractivity contribution in [2.24, 2.45) is 0 Å². The molecule has 7 nitrogen and oxygen atoms in total. The molecule has 0 aromatic heterocycles. The smallest absolute Gasteiger partial charge is 0.409 e. The first-order chi connectivity index (χ1) is 10.5. The van der Waals surface area contributed by atoms with Crippen LogP contribution in [0.1, 0.15) is 12.5 Å².